The Morgan fingerprint density at radius 2 is 1.96 bits per heavy atom. The third kappa shape index (κ3) is 4.22. The molecule has 124 valence electrons. The quantitative estimate of drug-likeness (QED) is 0.782. The van der Waals surface area contributed by atoms with Gasteiger partial charge in [0.05, 0.1) is 6.54 Å². The predicted molar refractivity (Wildman–Crippen MR) is 85.5 cm³/mol. The van der Waals surface area contributed by atoms with Crippen molar-refractivity contribution in [3.63, 3.8) is 0 Å². The van der Waals surface area contributed by atoms with Gasteiger partial charge in [-0.3, -0.25) is 4.90 Å². The number of nitrogens with zero attached hydrogens (tertiary/aromatic N) is 3. The van der Waals surface area contributed by atoms with Crippen molar-refractivity contribution in [1.82, 2.24) is 15.0 Å². The Labute approximate surface area is 136 Å². The Bertz CT molecular complexity index is 642. The van der Waals surface area contributed by atoms with E-state index in [1.807, 2.05) is 19.2 Å². The van der Waals surface area contributed by atoms with Gasteiger partial charge in [0, 0.05) is 13.0 Å². The maximum Gasteiger partial charge on any atom is 0.240 e. The fraction of sp³-hybridized carbons (Fsp3) is 0.529. The lowest BCUT2D eigenvalue weighted by atomic mass is 10.2. The third-order valence-corrected chi connectivity index (χ3v) is 3.73. The highest BCUT2D eigenvalue weighted by Crippen LogP contribution is 2.31. The smallest absolute Gasteiger partial charge is 0.240 e. The fourth-order valence-corrected chi connectivity index (χ4v) is 2.58. The van der Waals surface area contributed by atoms with Gasteiger partial charge in [-0.1, -0.05) is 24.6 Å². The summed E-state index contributed by atoms with van der Waals surface area (Å²) in [4.78, 5) is 6.58. The molecule has 0 saturated heterocycles. The molecule has 0 radical (unpaired) electrons. The van der Waals surface area contributed by atoms with Gasteiger partial charge in [-0.25, -0.2) is 0 Å². The van der Waals surface area contributed by atoms with Gasteiger partial charge in [0.2, 0.25) is 5.89 Å². The third-order valence-electron chi connectivity index (χ3n) is 3.73. The Morgan fingerprint density at radius 3 is 2.78 bits per heavy atom. The first-order chi connectivity index (χ1) is 11.2. The molecule has 0 aliphatic carbocycles. The zero-order valence-corrected chi connectivity index (χ0v) is 13.7. The summed E-state index contributed by atoms with van der Waals surface area (Å²) in [5, 5.41) is 4.02. The van der Waals surface area contributed by atoms with Crippen LogP contribution in [0.2, 0.25) is 0 Å². The van der Waals surface area contributed by atoms with Crippen molar-refractivity contribution in [2.45, 2.75) is 39.3 Å². The zero-order chi connectivity index (χ0) is 16.1. The summed E-state index contributed by atoms with van der Waals surface area (Å²) >= 11 is 0. The minimum atomic E-state index is 0.606. The number of benzene rings is 1. The van der Waals surface area contributed by atoms with Crippen LogP contribution in [0, 0.1) is 0 Å². The SMILES string of the molecule is CCCCc1noc(CN(C)Cc2ccc3c(c2)OCCO3)n1. The molecule has 0 saturated carbocycles. The lowest BCUT2D eigenvalue weighted by Crippen LogP contribution is -2.19. The molecular weight excluding hydrogens is 294 g/mol. The monoisotopic (exact) mass is 317 g/mol. The van der Waals surface area contributed by atoms with Crippen molar-refractivity contribution in [1.29, 1.82) is 0 Å². The van der Waals surface area contributed by atoms with Crippen molar-refractivity contribution < 1.29 is 14.0 Å². The molecule has 1 aliphatic heterocycles. The number of ether oxygens (including phenoxy) is 2. The minimum absolute atomic E-state index is 0.606. The highest BCUT2D eigenvalue weighted by molar-refractivity contribution is 5.43. The second-order valence-corrected chi connectivity index (χ2v) is 5.86. The highest BCUT2D eigenvalue weighted by atomic mass is 16.6. The molecule has 0 amide bonds. The first kappa shape index (κ1) is 15.8. The van der Waals surface area contributed by atoms with Gasteiger partial charge in [-0.15, -0.1) is 0 Å². The molecule has 0 unspecified atom stereocenters. The van der Waals surface area contributed by atoms with E-state index < -0.39 is 0 Å². The maximum absolute atomic E-state index is 5.62. The Kier molecular flexibility index (Phi) is 5.12. The van der Waals surface area contributed by atoms with Gasteiger partial charge in [0.25, 0.3) is 0 Å². The van der Waals surface area contributed by atoms with Gasteiger partial charge >= 0.3 is 0 Å². The number of rotatable bonds is 7. The minimum Gasteiger partial charge on any atom is -0.486 e. The molecule has 0 atom stereocenters. The highest BCUT2D eigenvalue weighted by Gasteiger charge is 2.14. The molecule has 2 heterocycles. The van der Waals surface area contributed by atoms with Crippen LogP contribution in [0.25, 0.3) is 0 Å². The van der Waals surface area contributed by atoms with Crippen LogP contribution in [0.3, 0.4) is 0 Å². The standard InChI is InChI=1S/C17H23N3O3/c1-3-4-5-16-18-17(23-19-16)12-20(2)11-13-6-7-14-15(10-13)22-9-8-21-14/h6-7,10H,3-5,8-9,11-12H2,1-2H3. The number of fused-ring (bicyclic) bond motifs is 1. The topological polar surface area (TPSA) is 60.6 Å². The summed E-state index contributed by atoms with van der Waals surface area (Å²) < 4.78 is 16.5. The Hall–Kier alpha value is -2.08. The van der Waals surface area contributed by atoms with E-state index in [2.05, 4.69) is 28.0 Å². The summed E-state index contributed by atoms with van der Waals surface area (Å²) in [5.41, 5.74) is 1.17. The molecule has 2 aromatic rings. The van der Waals surface area contributed by atoms with E-state index in [0.29, 0.717) is 25.6 Å². The van der Waals surface area contributed by atoms with Crippen LogP contribution in [0.5, 0.6) is 11.5 Å². The molecule has 1 aromatic heterocycles. The maximum atomic E-state index is 5.62. The molecular formula is C17H23N3O3. The van der Waals surface area contributed by atoms with Gasteiger partial charge < -0.3 is 14.0 Å². The lowest BCUT2D eigenvalue weighted by molar-refractivity contribution is 0.171. The summed E-state index contributed by atoms with van der Waals surface area (Å²) in [6.07, 6.45) is 3.10. The summed E-state index contributed by atoms with van der Waals surface area (Å²) in [6.45, 7) is 4.79. The Balaban J connectivity index is 1.56. The van der Waals surface area contributed by atoms with E-state index >= 15 is 0 Å². The van der Waals surface area contributed by atoms with Crippen molar-refractivity contribution in [3.8, 4) is 11.5 Å². The van der Waals surface area contributed by atoms with Crippen molar-refractivity contribution >= 4 is 0 Å². The first-order valence-corrected chi connectivity index (χ1v) is 8.13. The molecule has 6 nitrogen and oxygen atoms in total. The summed E-state index contributed by atoms with van der Waals surface area (Å²) in [7, 11) is 2.03. The number of hydrogen-bond donors (Lipinski definition) is 0. The van der Waals surface area contributed by atoms with E-state index in [0.717, 1.165) is 43.1 Å². The number of aryl methyl sites for hydroxylation is 1. The van der Waals surface area contributed by atoms with Crippen LogP contribution < -0.4 is 9.47 Å². The number of aromatic nitrogens is 2. The summed E-state index contributed by atoms with van der Waals surface area (Å²) in [5.74, 6) is 3.10. The largest absolute Gasteiger partial charge is 0.486 e. The van der Waals surface area contributed by atoms with E-state index in [9.17, 15) is 0 Å². The zero-order valence-electron chi connectivity index (χ0n) is 13.7. The predicted octanol–water partition coefficient (Wildman–Crippen LogP) is 2.82. The van der Waals surface area contributed by atoms with Gasteiger partial charge in [-0.05, 0) is 31.2 Å². The van der Waals surface area contributed by atoms with Crippen molar-refractivity contribution in [2.24, 2.45) is 0 Å². The fourth-order valence-electron chi connectivity index (χ4n) is 2.58. The van der Waals surface area contributed by atoms with Crippen LogP contribution >= 0.6 is 0 Å². The Morgan fingerprint density at radius 1 is 1.13 bits per heavy atom. The molecule has 23 heavy (non-hydrogen) atoms. The van der Waals surface area contributed by atoms with Crippen LogP contribution in [-0.2, 0) is 19.5 Å². The molecule has 0 spiro atoms. The first-order valence-electron chi connectivity index (χ1n) is 8.13. The normalized spacial score (nSPS) is 13.5. The molecule has 0 N–H and O–H groups in total. The molecule has 6 heteroatoms. The van der Waals surface area contributed by atoms with Crippen molar-refractivity contribution in [3.05, 3.63) is 35.5 Å². The van der Waals surface area contributed by atoms with Crippen molar-refractivity contribution in [2.75, 3.05) is 20.3 Å². The average Bonchev–Trinajstić information content (AvgIpc) is 3.00. The van der Waals surface area contributed by atoms with Crippen LogP contribution in [-0.4, -0.2) is 35.3 Å². The van der Waals surface area contributed by atoms with Crippen LogP contribution in [0.1, 0.15) is 37.0 Å². The van der Waals surface area contributed by atoms with E-state index in [1.54, 1.807) is 0 Å². The summed E-state index contributed by atoms with van der Waals surface area (Å²) in [6, 6.07) is 6.06. The molecule has 0 fully saturated rings. The van der Waals surface area contributed by atoms with Crippen LogP contribution in [0.4, 0.5) is 0 Å². The van der Waals surface area contributed by atoms with Gasteiger partial charge in [0.15, 0.2) is 17.3 Å². The second kappa shape index (κ2) is 7.46. The van der Waals surface area contributed by atoms with Crippen LogP contribution in [0.15, 0.2) is 22.7 Å². The number of unbranched alkanes of at least 4 members (excludes halogenated alkanes) is 1. The molecule has 1 aromatic carbocycles. The average molecular weight is 317 g/mol. The molecule has 1 aliphatic rings. The molecule has 3 rings (SSSR count). The van der Waals surface area contributed by atoms with E-state index in [1.165, 1.54) is 5.56 Å². The van der Waals surface area contributed by atoms with Gasteiger partial charge in [-0.2, -0.15) is 4.98 Å². The number of hydrogen-bond acceptors (Lipinski definition) is 6. The van der Waals surface area contributed by atoms with Gasteiger partial charge in [0.1, 0.15) is 13.2 Å². The van der Waals surface area contributed by atoms with E-state index in [-0.39, 0.29) is 0 Å². The molecule has 0 bridgehead atoms. The second-order valence-electron chi connectivity index (χ2n) is 5.86. The lowest BCUT2D eigenvalue weighted by Gasteiger charge is -2.20. The van der Waals surface area contributed by atoms with E-state index in [4.69, 9.17) is 14.0 Å².